The van der Waals surface area contributed by atoms with Crippen molar-refractivity contribution in [3.8, 4) is 5.75 Å². The summed E-state index contributed by atoms with van der Waals surface area (Å²) in [5, 5.41) is 0.558. The highest BCUT2D eigenvalue weighted by atomic mass is 35.5. The summed E-state index contributed by atoms with van der Waals surface area (Å²) in [6.45, 7) is 1.21. The number of epoxide rings is 1. The lowest BCUT2D eigenvalue weighted by Crippen LogP contribution is -2.05. The Morgan fingerprint density at radius 2 is 2.43 bits per heavy atom. The molecule has 1 atom stereocenters. The molecule has 1 aromatic carbocycles. The van der Waals surface area contributed by atoms with Crippen LogP contribution in [0, 0.1) is 0 Å². The van der Waals surface area contributed by atoms with Gasteiger partial charge in [0.2, 0.25) is 0 Å². The number of aldehydes is 1. The van der Waals surface area contributed by atoms with Gasteiger partial charge in [-0.1, -0.05) is 11.6 Å². The minimum atomic E-state index is 0.175. The van der Waals surface area contributed by atoms with Crippen molar-refractivity contribution in [2.45, 2.75) is 6.10 Å². The summed E-state index contributed by atoms with van der Waals surface area (Å²) in [5.41, 5.74) is 0.509. The Morgan fingerprint density at radius 1 is 1.64 bits per heavy atom. The van der Waals surface area contributed by atoms with Crippen molar-refractivity contribution in [1.82, 2.24) is 0 Å². The number of hydrogen-bond donors (Lipinski definition) is 0. The number of halogens is 1. The van der Waals surface area contributed by atoms with Crippen LogP contribution >= 0.6 is 11.6 Å². The summed E-state index contributed by atoms with van der Waals surface area (Å²) < 4.78 is 10.4. The first-order valence-electron chi connectivity index (χ1n) is 4.29. The van der Waals surface area contributed by atoms with Crippen LogP contribution in [0.25, 0.3) is 0 Å². The van der Waals surface area contributed by atoms with Gasteiger partial charge in [0.1, 0.15) is 18.5 Å². The Hall–Kier alpha value is -1.06. The molecule has 1 heterocycles. The predicted molar refractivity (Wildman–Crippen MR) is 52.1 cm³/mol. The molecule has 3 nitrogen and oxygen atoms in total. The molecule has 1 aliphatic rings. The summed E-state index contributed by atoms with van der Waals surface area (Å²) in [6.07, 6.45) is 0.924. The fraction of sp³-hybridized carbons (Fsp3) is 0.300. The van der Waals surface area contributed by atoms with Crippen molar-refractivity contribution in [2.24, 2.45) is 0 Å². The third kappa shape index (κ3) is 2.25. The summed E-state index contributed by atoms with van der Waals surface area (Å²) in [5.74, 6) is 0.517. The van der Waals surface area contributed by atoms with E-state index in [2.05, 4.69) is 0 Å². The highest BCUT2D eigenvalue weighted by Crippen LogP contribution is 2.23. The number of rotatable bonds is 4. The summed E-state index contributed by atoms with van der Waals surface area (Å²) in [7, 11) is 0. The molecule has 0 spiro atoms. The van der Waals surface area contributed by atoms with Crippen LogP contribution < -0.4 is 4.74 Å². The van der Waals surface area contributed by atoms with Gasteiger partial charge in [-0.15, -0.1) is 0 Å². The Balaban J connectivity index is 2.11. The van der Waals surface area contributed by atoms with Crippen molar-refractivity contribution in [1.29, 1.82) is 0 Å². The average Bonchev–Trinajstić information content (AvgIpc) is 2.98. The summed E-state index contributed by atoms with van der Waals surface area (Å²) >= 11 is 5.78. The zero-order valence-corrected chi connectivity index (χ0v) is 8.16. The topological polar surface area (TPSA) is 38.8 Å². The normalized spacial score (nSPS) is 19.1. The third-order valence-electron chi connectivity index (χ3n) is 1.93. The molecule has 2 rings (SSSR count). The zero-order chi connectivity index (χ0) is 9.97. The molecule has 0 N–H and O–H groups in total. The lowest BCUT2D eigenvalue weighted by Gasteiger charge is -2.06. The predicted octanol–water partition coefficient (Wildman–Crippen LogP) is 1.93. The van der Waals surface area contributed by atoms with Crippen LogP contribution in [0.4, 0.5) is 0 Å². The first-order valence-corrected chi connectivity index (χ1v) is 4.66. The molecular weight excluding hydrogens is 204 g/mol. The quantitative estimate of drug-likeness (QED) is 0.566. The van der Waals surface area contributed by atoms with E-state index in [1.807, 2.05) is 0 Å². The Labute approximate surface area is 86.6 Å². The van der Waals surface area contributed by atoms with E-state index in [0.29, 0.717) is 22.9 Å². The van der Waals surface area contributed by atoms with Gasteiger partial charge in [-0.2, -0.15) is 0 Å². The van der Waals surface area contributed by atoms with Gasteiger partial charge in [0, 0.05) is 5.02 Å². The molecular formula is C10H9ClO3. The SMILES string of the molecule is O=Cc1ccc(Cl)cc1OC[C@H]1CO1. The van der Waals surface area contributed by atoms with E-state index in [1.165, 1.54) is 0 Å². The minimum absolute atomic E-state index is 0.175. The standard InChI is InChI=1S/C10H9ClO3/c11-8-2-1-7(4-12)10(3-8)14-6-9-5-13-9/h1-4,9H,5-6H2/t9-/m1/s1. The fourth-order valence-corrected chi connectivity index (χ4v) is 1.24. The van der Waals surface area contributed by atoms with Crippen LogP contribution in [0.5, 0.6) is 5.75 Å². The van der Waals surface area contributed by atoms with Crippen LogP contribution in [0.2, 0.25) is 5.02 Å². The highest BCUT2D eigenvalue weighted by Gasteiger charge is 2.23. The zero-order valence-electron chi connectivity index (χ0n) is 7.40. The van der Waals surface area contributed by atoms with Crippen molar-refractivity contribution >= 4 is 17.9 Å². The third-order valence-corrected chi connectivity index (χ3v) is 2.16. The highest BCUT2D eigenvalue weighted by molar-refractivity contribution is 6.30. The molecule has 1 saturated heterocycles. The van der Waals surface area contributed by atoms with Gasteiger partial charge >= 0.3 is 0 Å². The lowest BCUT2D eigenvalue weighted by atomic mass is 10.2. The van der Waals surface area contributed by atoms with Crippen LogP contribution in [-0.2, 0) is 4.74 Å². The van der Waals surface area contributed by atoms with Crippen molar-refractivity contribution in [2.75, 3.05) is 13.2 Å². The fourth-order valence-electron chi connectivity index (χ4n) is 1.08. The molecule has 0 unspecified atom stereocenters. The van der Waals surface area contributed by atoms with Gasteiger partial charge in [-0.25, -0.2) is 0 Å². The first-order chi connectivity index (χ1) is 6.79. The van der Waals surface area contributed by atoms with Crippen molar-refractivity contribution in [3.63, 3.8) is 0 Å². The largest absolute Gasteiger partial charge is 0.490 e. The number of carbonyl (C=O) groups is 1. The van der Waals surface area contributed by atoms with Crippen molar-refractivity contribution < 1.29 is 14.3 Å². The smallest absolute Gasteiger partial charge is 0.153 e. The number of benzene rings is 1. The second-order valence-electron chi connectivity index (χ2n) is 3.07. The molecule has 0 bridgehead atoms. The maximum absolute atomic E-state index is 10.6. The van der Waals surface area contributed by atoms with E-state index in [9.17, 15) is 4.79 Å². The molecule has 1 fully saturated rings. The Kier molecular flexibility index (Phi) is 2.70. The average molecular weight is 213 g/mol. The molecule has 1 aromatic rings. The number of carbonyl (C=O) groups excluding carboxylic acids is 1. The van der Waals surface area contributed by atoms with E-state index in [0.717, 1.165) is 12.9 Å². The molecule has 0 aliphatic carbocycles. The maximum Gasteiger partial charge on any atom is 0.153 e. The monoisotopic (exact) mass is 212 g/mol. The molecule has 1 aliphatic heterocycles. The van der Waals surface area contributed by atoms with Gasteiger partial charge in [-0.3, -0.25) is 4.79 Å². The van der Waals surface area contributed by atoms with Gasteiger partial charge in [-0.05, 0) is 18.2 Å². The molecule has 4 heteroatoms. The van der Waals surface area contributed by atoms with Gasteiger partial charge in [0.15, 0.2) is 6.29 Å². The van der Waals surface area contributed by atoms with E-state index in [1.54, 1.807) is 18.2 Å². The van der Waals surface area contributed by atoms with E-state index >= 15 is 0 Å². The molecule has 14 heavy (non-hydrogen) atoms. The minimum Gasteiger partial charge on any atom is -0.490 e. The van der Waals surface area contributed by atoms with Crippen LogP contribution in [0.3, 0.4) is 0 Å². The molecule has 0 radical (unpaired) electrons. The Bertz CT molecular complexity index is 347. The number of hydrogen-bond acceptors (Lipinski definition) is 3. The summed E-state index contributed by atoms with van der Waals surface area (Å²) in [6, 6.07) is 4.93. The second kappa shape index (κ2) is 3.98. The van der Waals surface area contributed by atoms with Crippen molar-refractivity contribution in [3.05, 3.63) is 28.8 Å². The van der Waals surface area contributed by atoms with E-state index < -0.39 is 0 Å². The van der Waals surface area contributed by atoms with Crippen LogP contribution in [0.15, 0.2) is 18.2 Å². The van der Waals surface area contributed by atoms with Gasteiger partial charge in [0.05, 0.1) is 12.2 Å². The van der Waals surface area contributed by atoms with Crippen LogP contribution in [-0.4, -0.2) is 25.6 Å². The first kappa shape index (κ1) is 9.49. The van der Waals surface area contributed by atoms with Crippen LogP contribution in [0.1, 0.15) is 10.4 Å². The number of ether oxygens (including phenoxy) is 2. The van der Waals surface area contributed by atoms with E-state index in [4.69, 9.17) is 21.1 Å². The molecule has 74 valence electrons. The summed E-state index contributed by atoms with van der Waals surface area (Å²) in [4.78, 5) is 10.6. The molecule has 0 aromatic heterocycles. The maximum atomic E-state index is 10.6. The molecule has 0 saturated carbocycles. The van der Waals surface area contributed by atoms with E-state index in [-0.39, 0.29) is 6.10 Å². The van der Waals surface area contributed by atoms with Gasteiger partial charge < -0.3 is 9.47 Å². The van der Waals surface area contributed by atoms with Gasteiger partial charge in [0.25, 0.3) is 0 Å². The molecule has 0 amide bonds. The Morgan fingerprint density at radius 3 is 3.07 bits per heavy atom. The lowest BCUT2D eigenvalue weighted by molar-refractivity contribution is 0.111. The second-order valence-corrected chi connectivity index (χ2v) is 3.50.